The van der Waals surface area contributed by atoms with E-state index in [9.17, 15) is 80.0 Å². The number of hydrogen-bond donors (Lipinski definition) is 14. The number of carbonyl (C=O) groups excluding carboxylic acids is 8. The van der Waals surface area contributed by atoms with E-state index in [4.69, 9.17) is 13.7 Å². The molecule has 0 radical (unpaired) electrons. The maximum Gasteiger partial charge on any atom is 1.00 e. The largest absolute Gasteiger partial charge is 1.00 e. The standard InChI is InChI=1S/C58H78N8O23S.Na/c1-28-23-66-48(49(28)75)53(79)59-22-32(70)20-39(60-56(82)86-58(3,4)5)50(76)61-45(29(2)69)54(80)65-24-33(71)21-40(65)51(77)62-46(43(74)18-30-14-15-41(72)44(19-30)87-90-89-88-84)52(78)63-47(55(66)81)42(73)16-17-64(31(25-67)26-68)57(83)85-27-38-36-12-8-6-10-34(36)35-11-7-9-13-37(35)38;/h6-15,19,28-29,31-33,38-40,42-43,45-49,67-75,84H,16-18,20-27H2,1-5H3,(H,59,79)(H,60,82)(H,61,76)(H,62,77)(H,63,78);/q;+1/p-1/t28-,29+,32+,33+,39-,40-,42+,43+,45-,46-,47-,48-,49-;/m0./s1. The quantitative estimate of drug-likeness (QED) is 0.0185. The van der Waals surface area contributed by atoms with Crippen molar-refractivity contribution >= 4 is 60.0 Å². The van der Waals surface area contributed by atoms with Crippen molar-refractivity contribution < 1.29 is 142 Å². The van der Waals surface area contributed by atoms with E-state index in [1.807, 2.05) is 48.5 Å². The van der Waals surface area contributed by atoms with Crippen LogP contribution in [0.1, 0.15) is 76.5 Å². The van der Waals surface area contributed by atoms with Gasteiger partial charge in [0.15, 0.2) is 11.5 Å². The van der Waals surface area contributed by atoms with Crippen LogP contribution in [0.25, 0.3) is 11.1 Å². The molecule has 3 aromatic rings. The summed E-state index contributed by atoms with van der Waals surface area (Å²) < 4.78 is 20.4. The summed E-state index contributed by atoms with van der Waals surface area (Å²) in [6, 6.07) is 5.13. The molecule has 14 N–H and O–H groups in total. The number of rotatable bonds is 18. The van der Waals surface area contributed by atoms with Crippen LogP contribution in [0, 0.1) is 5.92 Å². The van der Waals surface area contributed by atoms with Gasteiger partial charge in [-0.25, -0.2) is 9.59 Å². The summed E-state index contributed by atoms with van der Waals surface area (Å²) in [5.74, 6) is -9.76. The Balaban J connectivity index is 0.0000132. The number of hydrogen-bond acceptors (Lipinski definition) is 24. The number of phenols is 1. The second-order valence-corrected chi connectivity index (χ2v) is 24.0. The van der Waals surface area contributed by atoms with Crippen molar-refractivity contribution in [2.45, 2.75) is 151 Å². The number of fused-ring (bicyclic) bond motifs is 5. The van der Waals surface area contributed by atoms with Gasteiger partial charge in [0, 0.05) is 57.3 Å². The Morgan fingerprint density at radius 3 is 2.02 bits per heavy atom. The van der Waals surface area contributed by atoms with Gasteiger partial charge in [0.2, 0.25) is 35.4 Å². The van der Waals surface area contributed by atoms with Gasteiger partial charge < -0.3 is 106 Å². The SMILES string of the molecule is C[C@@H](O)[C@@H]1NC(=O)[C@@H](NC(=O)OC(C)(C)C)C[C@@H](O)CNC(=O)[C@@H]2[C@@H](O)[C@@H](C)CN2C(=O)[C@H]([C@H](O)CCN(C(=O)OCC2c3ccccc3-c3ccccc32)C(CO)CO)NC(=O)[C@H]([C@H](O)Cc2ccc(O)c(OSOO[O-])c2)NC(=O)[C@@H]2C[C@@H](O)CN2C1=O.[Na+]. The molecule has 13 atom stereocenters. The normalized spacial score (nSPS) is 25.4. The number of ether oxygens (including phenoxy) is 2. The summed E-state index contributed by atoms with van der Waals surface area (Å²) in [6.45, 7) is 2.77. The molecule has 33 heteroatoms. The van der Waals surface area contributed by atoms with Crippen molar-refractivity contribution in [1.29, 1.82) is 0 Å². The summed E-state index contributed by atoms with van der Waals surface area (Å²) in [7, 11) is 0. The zero-order chi connectivity index (χ0) is 65.9. The van der Waals surface area contributed by atoms with E-state index in [1.54, 1.807) is 0 Å². The molecular formula is C58H77N8NaO23S. The van der Waals surface area contributed by atoms with Gasteiger partial charge >= 0.3 is 41.7 Å². The fourth-order valence-electron chi connectivity index (χ4n) is 11.3. The summed E-state index contributed by atoms with van der Waals surface area (Å²) in [4.78, 5) is 118. The molecule has 4 aliphatic rings. The van der Waals surface area contributed by atoms with Crippen LogP contribution in [0.15, 0.2) is 66.7 Å². The fourth-order valence-corrected chi connectivity index (χ4v) is 11.6. The first kappa shape index (κ1) is 73.6. The Morgan fingerprint density at radius 1 is 0.791 bits per heavy atom. The molecule has 3 saturated heterocycles. The molecule has 3 aromatic carbocycles. The van der Waals surface area contributed by atoms with Gasteiger partial charge in [-0.2, -0.15) is 0 Å². The number of alkyl carbamates (subject to hydrolysis) is 1. The van der Waals surface area contributed by atoms with Crippen molar-refractivity contribution in [3.63, 3.8) is 0 Å². The van der Waals surface area contributed by atoms with Crippen LogP contribution in [0.2, 0.25) is 0 Å². The number of nitrogens with zero attached hydrogens (tertiary/aromatic N) is 3. The molecular weight excluding hydrogens is 1230 g/mol. The number of amides is 8. The van der Waals surface area contributed by atoms with Gasteiger partial charge in [0.05, 0.1) is 55.9 Å². The molecule has 494 valence electrons. The Labute approximate surface area is 549 Å². The van der Waals surface area contributed by atoms with E-state index in [1.165, 1.54) is 33.8 Å². The van der Waals surface area contributed by atoms with E-state index in [2.05, 4.69) is 36.0 Å². The van der Waals surface area contributed by atoms with Gasteiger partial charge in [-0.1, -0.05) is 61.5 Å². The van der Waals surface area contributed by atoms with E-state index >= 15 is 9.59 Å². The number of aliphatic hydroxyl groups excluding tert-OH is 8. The first-order chi connectivity index (χ1) is 42.7. The van der Waals surface area contributed by atoms with Crippen molar-refractivity contribution in [1.82, 2.24) is 41.3 Å². The molecule has 31 nitrogen and oxygen atoms in total. The number of carbonyl (C=O) groups is 8. The minimum Gasteiger partial charge on any atom is -0.691 e. The molecule has 0 aromatic heterocycles. The molecule has 91 heavy (non-hydrogen) atoms. The Bertz CT molecular complexity index is 3010. The summed E-state index contributed by atoms with van der Waals surface area (Å²) in [6.07, 6.45) is -15.8. The van der Waals surface area contributed by atoms with Crippen LogP contribution < -0.4 is 65.6 Å². The Morgan fingerprint density at radius 2 is 1.41 bits per heavy atom. The van der Waals surface area contributed by atoms with Crippen LogP contribution in [0.5, 0.6) is 11.5 Å². The third-order valence-corrected chi connectivity index (χ3v) is 16.2. The molecule has 0 unspecified atom stereocenters. The average molecular weight is 1310 g/mol. The smallest absolute Gasteiger partial charge is 0.691 e. The number of aliphatic hydroxyl groups is 8. The number of phenolic OH excluding ortho intramolecular Hbond substituents is 1. The first-order valence-electron chi connectivity index (χ1n) is 29.0. The topological polar surface area (TPSA) is 458 Å². The average Bonchev–Trinajstić information content (AvgIpc) is 1.70. The van der Waals surface area contributed by atoms with Crippen LogP contribution in [0.4, 0.5) is 9.59 Å². The molecule has 8 amide bonds. The molecule has 0 bridgehead atoms. The molecule has 7 rings (SSSR count). The van der Waals surface area contributed by atoms with Gasteiger partial charge in [0.25, 0.3) is 12.3 Å². The minimum absolute atomic E-state index is 0. The van der Waals surface area contributed by atoms with Crippen LogP contribution in [-0.4, -0.2) is 239 Å². The number of benzene rings is 3. The zero-order valence-corrected chi connectivity index (χ0v) is 53.6. The fraction of sp³-hybridized carbons (Fsp3) is 0.552. The minimum atomic E-state index is -2.26. The molecule has 1 aliphatic carbocycles. The summed E-state index contributed by atoms with van der Waals surface area (Å²) in [5, 5.41) is 126. The third kappa shape index (κ3) is 18.4. The van der Waals surface area contributed by atoms with Crippen LogP contribution in [-0.2, 0) is 54.0 Å². The second-order valence-electron chi connectivity index (χ2n) is 23.6. The van der Waals surface area contributed by atoms with Crippen LogP contribution in [0.3, 0.4) is 0 Å². The Kier molecular flexibility index (Phi) is 26.6. The zero-order valence-electron chi connectivity index (χ0n) is 50.8. The Hall–Kier alpha value is -6.47. The third-order valence-electron chi connectivity index (χ3n) is 15.9. The predicted octanol–water partition coefficient (Wildman–Crippen LogP) is -6.40. The van der Waals surface area contributed by atoms with Gasteiger partial charge in [-0.3, -0.25) is 33.8 Å². The van der Waals surface area contributed by atoms with E-state index in [0.29, 0.717) is 0 Å². The van der Waals surface area contributed by atoms with Gasteiger partial charge in [-0.05, 0) is 74.1 Å². The monoisotopic (exact) mass is 1310 g/mol. The molecule has 0 spiro atoms. The predicted molar refractivity (Wildman–Crippen MR) is 310 cm³/mol. The van der Waals surface area contributed by atoms with Crippen molar-refractivity contribution in [3.8, 4) is 22.6 Å². The second kappa shape index (κ2) is 32.9. The first-order valence-corrected chi connectivity index (χ1v) is 29.7. The molecule has 3 heterocycles. The van der Waals surface area contributed by atoms with Crippen molar-refractivity contribution in [3.05, 3.63) is 83.4 Å². The van der Waals surface area contributed by atoms with Crippen molar-refractivity contribution in [2.75, 3.05) is 46.0 Å². The van der Waals surface area contributed by atoms with E-state index in [-0.39, 0.29) is 59.8 Å². The van der Waals surface area contributed by atoms with Gasteiger partial charge in [0.1, 0.15) is 48.5 Å². The van der Waals surface area contributed by atoms with Crippen molar-refractivity contribution in [2.24, 2.45) is 5.92 Å². The molecule has 3 aliphatic heterocycles. The van der Waals surface area contributed by atoms with Crippen LogP contribution >= 0.6 is 12.3 Å². The van der Waals surface area contributed by atoms with Gasteiger partial charge in [-0.15, -0.1) is 4.33 Å². The maximum atomic E-state index is 15.3. The van der Waals surface area contributed by atoms with E-state index in [0.717, 1.165) is 56.0 Å². The molecule has 3 fully saturated rings. The molecule has 0 saturated carbocycles. The number of nitrogens with one attached hydrogen (secondary N) is 5. The van der Waals surface area contributed by atoms with E-state index < -0.39 is 215 Å². The summed E-state index contributed by atoms with van der Waals surface area (Å²) >= 11 is -0.0155. The number of β-amino-alcohol motifs (C(OH)–C–C–N with tert-alkyl or cyclic N) is 1. The maximum absolute atomic E-state index is 15.3. The number of aromatic hydroxyl groups is 1. The summed E-state index contributed by atoms with van der Waals surface area (Å²) in [5.41, 5.74) is 2.45.